The molecule has 0 aromatic carbocycles. The van der Waals surface area contributed by atoms with Crippen LogP contribution in [0.1, 0.15) is 44.4 Å². The lowest BCUT2D eigenvalue weighted by molar-refractivity contribution is -0.140. The fraction of sp³-hybridized carbons (Fsp3) is 0.450. The maximum Gasteiger partial charge on any atom is 0.338 e. The number of carbonyl (C=O) groups excluding carboxylic acids is 3. The van der Waals surface area contributed by atoms with Gasteiger partial charge in [-0.1, -0.05) is 31.2 Å². The van der Waals surface area contributed by atoms with Crippen molar-refractivity contribution < 1.29 is 23.9 Å². The first-order valence-corrected chi connectivity index (χ1v) is 11.3. The summed E-state index contributed by atoms with van der Waals surface area (Å²) in [7, 11) is 0. The number of thioether (sulfide) groups is 1. The molecule has 0 saturated carbocycles. The molecule has 1 aromatic heterocycles. The molecule has 2 aliphatic heterocycles. The van der Waals surface area contributed by atoms with Crippen LogP contribution in [0, 0.1) is 0 Å². The number of esters is 2. The van der Waals surface area contributed by atoms with Gasteiger partial charge in [0.1, 0.15) is 5.82 Å². The average Bonchev–Trinajstić information content (AvgIpc) is 3.30. The number of fused-ring (bicyclic) bond motifs is 1. The highest BCUT2D eigenvalue weighted by atomic mass is 32.2. The van der Waals surface area contributed by atoms with E-state index in [4.69, 9.17) is 15.2 Å². The largest absolute Gasteiger partial charge is 0.463 e. The normalized spacial score (nSPS) is 21.5. The number of thiophene rings is 1. The van der Waals surface area contributed by atoms with Gasteiger partial charge in [-0.25, -0.2) is 9.59 Å². The van der Waals surface area contributed by atoms with Crippen LogP contribution in [0.15, 0.2) is 39.5 Å². The van der Waals surface area contributed by atoms with E-state index in [2.05, 4.69) is 0 Å². The fourth-order valence-electron chi connectivity index (χ4n) is 3.26. The molecule has 0 unspecified atom stereocenters. The summed E-state index contributed by atoms with van der Waals surface area (Å²) in [6.07, 6.45) is 1.58. The van der Waals surface area contributed by atoms with E-state index in [1.807, 2.05) is 24.4 Å². The van der Waals surface area contributed by atoms with Crippen LogP contribution in [0.3, 0.4) is 0 Å². The topological polar surface area (TPSA) is 98.9 Å². The first-order chi connectivity index (χ1) is 13.9. The number of hydrogen-bond donors (Lipinski definition) is 1. The van der Waals surface area contributed by atoms with Gasteiger partial charge in [0.25, 0.3) is 0 Å². The Bertz CT molecular complexity index is 875. The number of amides is 1. The van der Waals surface area contributed by atoms with E-state index in [1.165, 1.54) is 28.0 Å². The first-order valence-electron chi connectivity index (χ1n) is 9.54. The van der Waals surface area contributed by atoms with Gasteiger partial charge < -0.3 is 15.2 Å². The number of nitrogens with zero attached hydrogens (tertiary/aromatic N) is 1. The van der Waals surface area contributed by atoms with Crippen molar-refractivity contribution in [3.05, 3.63) is 44.4 Å². The molecule has 2 atom stereocenters. The Balaban J connectivity index is 2.17. The van der Waals surface area contributed by atoms with Crippen LogP contribution >= 0.6 is 23.1 Å². The molecule has 2 aliphatic rings. The van der Waals surface area contributed by atoms with Crippen LogP contribution in [-0.2, 0) is 23.9 Å². The highest BCUT2D eigenvalue weighted by Crippen LogP contribution is 2.50. The van der Waals surface area contributed by atoms with Gasteiger partial charge in [0, 0.05) is 4.88 Å². The van der Waals surface area contributed by atoms with Crippen LogP contribution in [0.2, 0.25) is 0 Å². The van der Waals surface area contributed by atoms with E-state index in [-0.39, 0.29) is 36.1 Å². The smallest absolute Gasteiger partial charge is 0.338 e. The van der Waals surface area contributed by atoms with Crippen LogP contribution in [0.5, 0.6) is 0 Å². The summed E-state index contributed by atoms with van der Waals surface area (Å²) in [6, 6.07) is 3.67. The maximum atomic E-state index is 13.0. The van der Waals surface area contributed by atoms with Gasteiger partial charge in [0.15, 0.2) is 0 Å². The fourth-order valence-corrected chi connectivity index (χ4v) is 5.27. The van der Waals surface area contributed by atoms with Crippen LogP contribution in [-0.4, -0.2) is 41.2 Å². The monoisotopic (exact) mass is 436 g/mol. The Morgan fingerprint density at radius 3 is 2.55 bits per heavy atom. The Morgan fingerprint density at radius 2 is 1.93 bits per heavy atom. The van der Waals surface area contributed by atoms with Gasteiger partial charge in [-0.3, -0.25) is 9.69 Å². The number of rotatable bonds is 7. The minimum Gasteiger partial charge on any atom is -0.463 e. The second-order valence-electron chi connectivity index (χ2n) is 6.61. The molecule has 29 heavy (non-hydrogen) atoms. The Kier molecular flexibility index (Phi) is 6.69. The van der Waals surface area contributed by atoms with Crippen molar-refractivity contribution >= 4 is 40.9 Å². The highest BCUT2D eigenvalue weighted by molar-refractivity contribution is 8.04. The van der Waals surface area contributed by atoms with Gasteiger partial charge in [0.05, 0.1) is 40.6 Å². The molecule has 1 fully saturated rings. The zero-order valence-corrected chi connectivity index (χ0v) is 18.2. The molecule has 3 rings (SSSR count). The molecular formula is C20H24N2O5S2. The number of hydrogen-bond acceptors (Lipinski definition) is 8. The van der Waals surface area contributed by atoms with Crippen molar-refractivity contribution in [3.8, 4) is 0 Å². The summed E-state index contributed by atoms with van der Waals surface area (Å²) in [4.78, 5) is 40.8. The molecule has 0 bridgehead atoms. The summed E-state index contributed by atoms with van der Waals surface area (Å²) in [5.74, 6) is -2.16. The van der Waals surface area contributed by atoms with E-state index in [1.54, 1.807) is 13.8 Å². The molecule has 0 aliphatic carbocycles. The zero-order valence-electron chi connectivity index (χ0n) is 16.6. The molecule has 3 heterocycles. The molecule has 0 spiro atoms. The standard InChI is InChI=1S/C20H24N2O5S2/c1-4-6-9-27-19(24)14-13(12-8-7-10-28-12)15(20(25)26-5-2)18-22(16(14)21)17(23)11(3)29-18/h7-8,10-11,13H,4-6,9,21H2,1-3H3/t11-,13-/m1/s1. The van der Waals surface area contributed by atoms with E-state index in [0.717, 1.165) is 11.3 Å². The maximum absolute atomic E-state index is 13.0. The number of nitrogens with two attached hydrogens (primary N) is 1. The molecule has 2 N–H and O–H groups in total. The summed E-state index contributed by atoms with van der Waals surface area (Å²) in [5.41, 5.74) is 6.71. The molecule has 1 amide bonds. The molecule has 156 valence electrons. The third-order valence-electron chi connectivity index (χ3n) is 4.66. The van der Waals surface area contributed by atoms with Gasteiger partial charge in [-0.2, -0.15) is 0 Å². The van der Waals surface area contributed by atoms with Gasteiger partial charge >= 0.3 is 11.9 Å². The van der Waals surface area contributed by atoms with E-state index in [0.29, 0.717) is 11.4 Å². The van der Waals surface area contributed by atoms with Gasteiger partial charge in [-0.05, 0) is 31.7 Å². The predicted molar refractivity (Wildman–Crippen MR) is 112 cm³/mol. The van der Waals surface area contributed by atoms with Crippen molar-refractivity contribution in [2.24, 2.45) is 5.73 Å². The molecular weight excluding hydrogens is 412 g/mol. The summed E-state index contributed by atoms with van der Waals surface area (Å²) >= 11 is 2.66. The van der Waals surface area contributed by atoms with E-state index in [9.17, 15) is 14.4 Å². The van der Waals surface area contributed by atoms with Crippen LogP contribution in [0.4, 0.5) is 0 Å². The Hall–Kier alpha value is -2.26. The van der Waals surface area contributed by atoms with Crippen molar-refractivity contribution in [3.63, 3.8) is 0 Å². The SMILES string of the molecule is CCCCOC(=O)C1=C(N)N2C(=O)[C@@H](C)SC2=C(C(=O)OCC)[C@@H]1c1cccs1. The second kappa shape index (κ2) is 9.04. The summed E-state index contributed by atoms with van der Waals surface area (Å²) in [5, 5.41) is 1.87. The minimum atomic E-state index is -0.736. The van der Waals surface area contributed by atoms with Crippen LogP contribution < -0.4 is 5.73 Å². The average molecular weight is 437 g/mol. The number of ether oxygens (including phenoxy) is 2. The number of carbonyl (C=O) groups is 3. The van der Waals surface area contributed by atoms with Gasteiger partial charge in [0.2, 0.25) is 5.91 Å². The van der Waals surface area contributed by atoms with Crippen molar-refractivity contribution in [2.45, 2.75) is 44.8 Å². The third-order valence-corrected chi connectivity index (χ3v) is 6.78. The molecule has 7 nitrogen and oxygen atoms in total. The summed E-state index contributed by atoms with van der Waals surface area (Å²) < 4.78 is 10.7. The van der Waals surface area contributed by atoms with E-state index >= 15 is 0 Å². The first kappa shape index (κ1) is 21.4. The second-order valence-corrected chi connectivity index (χ2v) is 8.92. The highest BCUT2D eigenvalue weighted by Gasteiger charge is 2.49. The lowest BCUT2D eigenvalue weighted by Gasteiger charge is -2.32. The lowest BCUT2D eigenvalue weighted by Crippen LogP contribution is -2.40. The number of unbranched alkanes of at least 4 members (excludes halogenated alkanes) is 1. The summed E-state index contributed by atoms with van der Waals surface area (Å²) in [6.45, 7) is 5.87. The molecule has 9 heteroatoms. The zero-order chi connectivity index (χ0) is 21.1. The predicted octanol–water partition coefficient (Wildman–Crippen LogP) is 3.10. The Morgan fingerprint density at radius 1 is 1.21 bits per heavy atom. The molecule has 1 aromatic rings. The Labute approximate surface area is 177 Å². The minimum absolute atomic E-state index is 0.0230. The quantitative estimate of drug-likeness (QED) is 0.518. The van der Waals surface area contributed by atoms with Crippen LogP contribution in [0.25, 0.3) is 0 Å². The van der Waals surface area contributed by atoms with Gasteiger partial charge in [-0.15, -0.1) is 11.3 Å². The molecule has 0 radical (unpaired) electrons. The lowest BCUT2D eigenvalue weighted by atomic mass is 9.86. The molecule has 1 saturated heterocycles. The van der Waals surface area contributed by atoms with E-state index < -0.39 is 23.1 Å². The van der Waals surface area contributed by atoms with Crippen molar-refractivity contribution in [1.29, 1.82) is 0 Å². The third kappa shape index (κ3) is 3.93. The van der Waals surface area contributed by atoms with Crippen molar-refractivity contribution in [1.82, 2.24) is 4.90 Å². The van der Waals surface area contributed by atoms with Crippen molar-refractivity contribution in [2.75, 3.05) is 13.2 Å².